The molecular weight excluding hydrogens is 210 g/mol. The van der Waals surface area contributed by atoms with E-state index in [-0.39, 0.29) is 5.91 Å². The molecule has 1 N–H and O–H groups in total. The minimum Gasteiger partial charge on any atom is -0.326 e. The smallest absolute Gasteiger partial charge is 0.221 e. The molecule has 2 aromatic rings. The summed E-state index contributed by atoms with van der Waals surface area (Å²) < 4.78 is 0. The average molecular weight is 225 g/mol. The summed E-state index contributed by atoms with van der Waals surface area (Å²) in [5.41, 5.74) is 4.39. The Labute approximate surface area is 101 Å². The highest BCUT2D eigenvalue weighted by Gasteiger charge is 2.03. The van der Waals surface area contributed by atoms with Crippen LogP contribution in [-0.4, -0.2) is 5.91 Å². The highest BCUT2D eigenvalue weighted by Crippen LogP contribution is 2.25. The van der Waals surface area contributed by atoms with E-state index in [2.05, 4.69) is 17.4 Å². The van der Waals surface area contributed by atoms with Crippen LogP contribution in [0, 0.1) is 6.92 Å². The predicted molar refractivity (Wildman–Crippen MR) is 70.9 cm³/mol. The van der Waals surface area contributed by atoms with Crippen LogP contribution in [0.3, 0.4) is 0 Å². The largest absolute Gasteiger partial charge is 0.326 e. The van der Waals surface area contributed by atoms with Crippen LogP contribution in [0.15, 0.2) is 48.5 Å². The van der Waals surface area contributed by atoms with Crippen LogP contribution in [0.5, 0.6) is 0 Å². The summed E-state index contributed by atoms with van der Waals surface area (Å²) in [6.45, 7) is 3.56. The molecule has 0 aliphatic heterocycles. The van der Waals surface area contributed by atoms with Crippen molar-refractivity contribution in [1.29, 1.82) is 0 Å². The average Bonchev–Trinajstić information content (AvgIpc) is 2.29. The molecule has 1 amide bonds. The van der Waals surface area contributed by atoms with Crippen LogP contribution >= 0.6 is 0 Å². The molecule has 2 nitrogen and oxygen atoms in total. The second-order valence-electron chi connectivity index (χ2n) is 4.08. The topological polar surface area (TPSA) is 29.1 Å². The molecule has 0 aliphatic carbocycles. The normalized spacial score (nSPS) is 10.0. The van der Waals surface area contributed by atoms with E-state index in [0.717, 1.165) is 11.3 Å². The summed E-state index contributed by atoms with van der Waals surface area (Å²) in [4.78, 5) is 11.0. The molecule has 0 saturated carbocycles. The maximum Gasteiger partial charge on any atom is 0.221 e. The summed E-state index contributed by atoms with van der Waals surface area (Å²) in [5.74, 6) is -0.0446. The number of benzene rings is 2. The van der Waals surface area contributed by atoms with Gasteiger partial charge in [0.05, 0.1) is 0 Å². The van der Waals surface area contributed by atoms with E-state index in [1.807, 2.05) is 43.3 Å². The molecule has 17 heavy (non-hydrogen) atoms. The number of carbonyl (C=O) groups is 1. The Hall–Kier alpha value is -2.09. The number of carbonyl (C=O) groups excluding carboxylic acids is 1. The van der Waals surface area contributed by atoms with Crippen LogP contribution in [0.25, 0.3) is 11.1 Å². The number of rotatable bonds is 2. The van der Waals surface area contributed by atoms with E-state index in [9.17, 15) is 4.79 Å². The predicted octanol–water partition coefficient (Wildman–Crippen LogP) is 3.62. The standard InChI is InChI=1S/C15H15NO/c1-11-10-14(16-12(2)17)8-9-15(11)13-6-4-3-5-7-13/h3-10H,1-2H3,(H,16,17). The molecule has 86 valence electrons. The van der Waals surface area contributed by atoms with Crippen LogP contribution in [0.2, 0.25) is 0 Å². The minimum absolute atomic E-state index is 0.0446. The van der Waals surface area contributed by atoms with Gasteiger partial charge in [-0.25, -0.2) is 0 Å². The van der Waals surface area contributed by atoms with Crippen molar-refractivity contribution in [2.24, 2.45) is 0 Å². The van der Waals surface area contributed by atoms with Crippen molar-refractivity contribution in [1.82, 2.24) is 0 Å². The van der Waals surface area contributed by atoms with Gasteiger partial charge < -0.3 is 5.32 Å². The summed E-state index contributed by atoms with van der Waals surface area (Å²) in [5, 5.41) is 2.79. The Morgan fingerprint density at radius 1 is 1.06 bits per heavy atom. The Kier molecular flexibility index (Phi) is 3.24. The molecule has 0 radical (unpaired) electrons. The van der Waals surface area contributed by atoms with Gasteiger partial charge in [0.2, 0.25) is 5.91 Å². The second kappa shape index (κ2) is 4.83. The van der Waals surface area contributed by atoms with Crippen LogP contribution in [0.1, 0.15) is 12.5 Å². The lowest BCUT2D eigenvalue weighted by molar-refractivity contribution is -0.114. The van der Waals surface area contributed by atoms with E-state index in [1.54, 1.807) is 0 Å². The Balaban J connectivity index is 2.35. The maximum absolute atomic E-state index is 11.0. The Morgan fingerprint density at radius 2 is 1.76 bits per heavy atom. The lowest BCUT2D eigenvalue weighted by atomic mass is 10.0. The SMILES string of the molecule is CC(=O)Nc1ccc(-c2ccccc2)c(C)c1. The molecule has 0 atom stereocenters. The monoisotopic (exact) mass is 225 g/mol. The lowest BCUT2D eigenvalue weighted by Gasteiger charge is -2.09. The fourth-order valence-corrected chi connectivity index (χ4v) is 1.89. The lowest BCUT2D eigenvalue weighted by Crippen LogP contribution is -2.05. The zero-order valence-corrected chi connectivity index (χ0v) is 10.0. The Bertz CT molecular complexity index is 532. The molecule has 2 heteroatoms. The number of anilines is 1. The number of hydrogen-bond acceptors (Lipinski definition) is 1. The van der Waals surface area contributed by atoms with Crippen molar-refractivity contribution in [3.05, 3.63) is 54.1 Å². The van der Waals surface area contributed by atoms with Crippen molar-refractivity contribution in [3.63, 3.8) is 0 Å². The van der Waals surface area contributed by atoms with E-state index in [0.29, 0.717) is 0 Å². The number of nitrogens with one attached hydrogen (secondary N) is 1. The summed E-state index contributed by atoms with van der Waals surface area (Å²) >= 11 is 0. The molecule has 0 aliphatic rings. The van der Waals surface area contributed by atoms with E-state index in [1.165, 1.54) is 18.1 Å². The highest BCUT2D eigenvalue weighted by molar-refractivity contribution is 5.89. The maximum atomic E-state index is 11.0. The molecule has 0 fully saturated rings. The van der Waals surface area contributed by atoms with Crippen LogP contribution < -0.4 is 5.32 Å². The third-order valence-corrected chi connectivity index (χ3v) is 2.63. The van der Waals surface area contributed by atoms with Gasteiger partial charge >= 0.3 is 0 Å². The number of aryl methyl sites for hydroxylation is 1. The fraction of sp³-hybridized carbons (Fsp3) is 0.133. The quantitative estimate of drug-likeness (QED) is 0.831. The molecule has 0 spiro atoms. The van der Waals surface area contributed by atoms with Crippen LogP contribution in [-0.2, 0) is 4.79 Å². The van der Waals surface area contributed by atoms with Gasteiger partial charge in [-0.15, -0.1) is 0 Å². The molecule has 0 heterocycles. The second-order valence-corrected chi connectivity index (χ2v) is 4.08. The summed E-state index contributed by atoms with van der Waals surface area (Å²) in [7, 11) is 0. The molecule has 0 bridgehead atoms. The van der Waals surface area contributed by atoms with Gasteiger partial charge in [-0.1, -0.05) is 36.4 Å². The van der Waals surface area contributed by atoms with E-state index in [4.69, 9.17) is 0 Å². The highest BCUT2D eigenvalue weighted by atomic mass is 16.1. The number of amides is 1. The van der Waals surface area contributed by atoms with Crippen molar-refractivity contribution < 1.29 is 4.79 Å². The summed E-state index contributed by atoms with van der Waals surface area (Å²) in [6.07, 6.45) is 0. The summed E-state index contributed by atoms with van der Waals surface area (Å²) in [6, 6.07) is 16.2. The first-order valence-corrected chi connectivity index (χ1v) is 5.60. The molecule has 2 rings (SSSR count). The van der Waals surface area contributed by atoms with Gasteiger partial charge in [0.25, 0.3) is 0 Å². The zero-order chi connectivity index (χ0) is 12.3. The van der Waals surface area contributed by atoms with Gasteiger partial charge in [-0.3, -0.25) is 4.79 Å². The van der Waals surface area contributed by atoms with Crippen molar-refractivity contribution in [3.8, 4) is 11.1 Å². The van der Waals surface area contributed by atoms with Crippen LogP contribution in [0.4, 0.5) is 5.69 Å². The van der Waals surface area contributed by atoms with Gasteiger partial charge in [0.15, 0.2) is 0 Å². The Morgan fingerprint density at radius 3 is 2.35 bits per heavy atom. The molecule has 0 saturated heterocycles. The molecule has 0 unspecified atom stereocenters. The first-order chi connectivity index (χ1) is 8.16. The number of hydrogen-bond donors (Lipinski definition) is 1. The first-order valence-electron chi connectivity index (χ1n) is 5.60. The third-order valence-electron chi connectivity index (χ3n) is 2.63. The van der Waals surface area contributed by atoms with Crippen molar-refractivity contribution in [2.75, 3.05) is 5.32 Å². The minimum atomic E-state index is -0.0446. The van der Waals surface area contributed by atoms with E-state index >= 15 is 0 Å². The van der Waals surface area contributed by atoms with Gasteiger partial charge in [0.1, 0.15) is 0 Å². The zero-order valence-electron chi connectivity index (χ0n) is 10.0. The third kappa shape index (κ3) is 2.72. The molecule has 2 aromatic carbocycles. The first kappa shape index (κ1) is 11.4. The van der Waals surface area contributed by atoms with E-state index < -0.39 is 0 Å². The van der Waals surface area contributed by atoms with Crippen molar-refractivity contribution >= 4 is 11.6 Å². The van der Waals surface area contributed by atoms with Crippen molar-refractivity contribution in [2.45, 2.75) is 13.8 Å². The molecular formula is C15H15NO. The van der Waals surface area contributed by atoms with Gasteiger partial charge in [-0.2, -0.15) is 0 Å². The van der Waals surface area contributed by atoms with Gasteiger partial charge in [0, 0.05) is 12.6 Å². The fourth-order valence-electron chi connectivity index (χ4n) is 1.89. The molecule has 0 aromatic heterocycles. The van der Waals surface area contributed by atoms with Gasteiger partial charge in [-0.05, 0) is 35.7 Å².